The minimum Gasteiger partial charge on any atom is -0.322 e. The predicted molar refractivity (Wildman–Crippen MR) is 428 cm³/mol. The van der Waals surface area contributed by atoms with Crippen molar-refractivity contribution in [3.8, 4) is 50.8 Å². The number of likely N-dealkylation sites (tertiary alicyclic amines) is 2. The molecular weight excluding hydrogens is 1410 g/mol. The van der Waals surface area contributed by atoms with E-state index in [-0.39, 0.29) is 33.9 Å². The first kappa shape index (κ1) is 79.1. The van der Waals surface area contributed by atoms with Gasteiger partial charge in [-0.1, -0.05) is 101 Å². The minimum atomic E-state index is -4.50. The van der Waals surface area contributed by atoms with E-state index in [1.54, 1.807) is 67.8 Å². The van der Waals surface area contributed by atoms with Crippen LogP contribution in [0.4, 0.5) is 30.2 Å². The summed E-state index contributed by atoms with van der Waals surface area (Å²) in [6.07, 6.45) is 12.2. The number of hydrogen-bond acceptors (Lipinski definition) is 14. The lowest BCUT2D eigenvalue weighted by molar-refractivity contribution is -0.137. The molecule has 0 spiro atoms. The summed E-state index contributed by atoms with van der Waals surface area (Å²) in [5, 5.41) is 47.6. The van der Waals surface area contributed by atoms with Gasteiger partial charge in [-0.25, -0.2) is 14.0 Å². The Balaban J connectivity index is 0.000000155. The van der Waals surface area contributed by atoms with Gasteiger partial charge < -0.3 is 16.0 Å². The molecule has 0 radical (unpaired) electrons. The largest absolute Gasteiger partial charge is 0.416 e. The molecule has 0 unspecified atom stereocenters. The number of unbranched alkanes of at least 4 members (excludes halogenated alkanes) is 1. The number of anilines is 3. The quantitative estimate of drug-likeness (QED) is 0.0682. The van der Waals surface area contributed by atoms with Gasteiger partial charge in [-0.05, 0) is 234 Å². The molecule has 2 aliphatic heterocycles. The summed E-state index contributed by atoms with van der Waals surface area (Å²) in [6, 6.07) is 33.0. The van der Waals surface area contributed by atoms with E-state index < -0.39 is 17.6 Å². The number of nitrogens with one attached hydrogen (secondary N) is 3. The fraction of sp³-hybridized carbons (Fsp3) is 0.365. The highest BCUT2D eigenvalue weighted by molar-refractivity contribution is 6.06. The molecule has 23 nitrogen and oxygen atoms in total. The molecule has 8 heterocycles. The summed E-state index contributed by atoms with van der Waals surface area (Å²) >= 11 is 0. The van der Waals surface area contributed by atoms with Crippen LogP contribution < -0.4 is 16.0 Å². The van der Waals surface area contributed by atoms with Crippen LogP contribution in [-0.4, -0.2) is 128 Å². The van der Waals surface area contributed by atoms with Gasteiger partial charge in [0.15, 0.2) is 0 Å². The average Bonchev–Trinajstić information content (AvgIpc) is 1.75. The Morgan fingerprint density at radius 1 is 0.423 bits per heavy atom. The van der Waals surface area contributed by atoms with Gasteiger partial charge in [0, 0.05) is 102 Å². The fourth-order valence-electron chi connectivity index (χ4n) is 13.4. The number of amides is 3. The molecule has 2 fully saturated rings. The summed E-state index contributed by atoms with van der Waals surface area (Å²) in [7, 11) is 5.65. The van der Waals surface area contributed by atoms with Gasteiger partial charge in [0.05, 0.1) is 59.8 Å². The van der Waals surface area contributed by atoms with Gasteiger partial charge in [0.25, 0.3) is 17.7 Å². The van der Waals surface area contributed by atoms with Crippen LogP contribution in [0.5, 0.6) is 0 Å². The van der Waals surface area contributed by atoms with Crippen LogP contribution >= 0.6 is 0 Å². The van der Waals surface area contributed by atoms with Crippen LogP contribution in [0.25, 0.3) is 50.8 Å². The second-order valence-electron chi connectivity index (χ2n) is 31.3. The lowest BCUT2D eigenvalue weighted by Crippen LogP contribution is -2.36. The number of carbonyl (C=O) groups is 3. The van der Waals surface area contributed by atoms with Crippen LogP contribution in [0.15, 0.2) is 146 Å². The maximum Gasteiger partial charge on any atom is 0.416 e. The number of halogens is 3. The molecule has 26 heteroatoms. The predicted octanol–water partition coefficient (Wildman–Crippen LogP) is 16.4. The average molecular weight is 1510 g/mol. The van der Waals surface area contributed by atoms with Gasteiger partial charge in [-0.2, -0.15) is 28.5 Å². The molecule has 14 rings (SSSR count). The topological polar surface area (TPSA) is 239 Å². The Hall–Kier alpha value is -11.5. The number of hydrogen-bond donors (Lipinski definition) is 3. The number of carbonyl (C=O) groups excluding carboxylic acids is 3. The molecule has 111 heavy (non-hydrogen) atoms. The summed E-state index contributed by atoms with van der Waals surface area (Å²) < 4.78 is 50.7. The highest BCUT2D eigenvalue weighted by Crippen LogP contribution is 2.35. The van der Waals surface area contributed by atoms with Crippen molar-refractivity contribution in [3.05, 3.63) is 230 Å². The summed E-state index contributed by atoms with van der Waals surface area (Å²) in [6.45, 7) is 33.4. The Morgan fingerprint density at radius 2 is 0.748 bits per heavy atom. The first-order valence-electron chi connectivity index (χ1n) is 37.7. The number of aromatic nitrogens is 15. The monoisotopic (exact) mass is 1500 g/mol. The lowest BCUT2D eigenvalue weighted by atomic mass is 9.85. The number of benzene rings is 6. The molecule has 2 aliphatic rings. The van der Waals surface area contributed by atoms with E-state index in [2.05, 4.69) is 150 Å². The lowest BCUT2D eigenvalue weighted by Gasteiger charge is -2.31. The third kappa shape index (κ3) is 18.9. The zero-order valence-electron chi connectivity index (χ0n) is 66.3. The number of rotatable bonds is 19. The maximum atomic E-state index is 13.4. The van der Waals surface area contributed by atoms with Crippen molar-refractivity contribution < 1.29 is 27.6 Å². The highest BCUT2D eigenvalue weighted by atomic mass is 19.4. The Kier molecular flexibility index (Phi) is 23.5. The van der Waals surface area contributed by atoms with Crippen LogP contribution in [-0.2, 0) is 57.7 Å². The molecular formula is C85H99F3N20O3. The number of nitrogens with zero attached hydrogens (tertiary/aromatic N) is 17. The third-order valence-electron chi connectivity index (χ3n) is 20.8. The molecule has 6 aromatic carbocycles. The van der Waals surface area contributed by atoms with Crippen molar-refractivity contribution >= 4 is 34.8 Å². The summed E-state index contributed by atoms with van der Waals surface area (Å²) in [5.74, 6) is -0.806. The van der Waals surface area contributed by atoms with Crippen molar-refractivity contribution in [2.75, 3.05) is 42.1 Å². The molecule has 2 saturated heterocycles. The minimum absolute atomic E-state index is 0.0150. The van der Waals surface area contributed by atoms with Crippen molar-refractivity contribution in [1.29, 1.82) is 0 Å². The second-order valence-corrected chi connectivity index (χ2v) is 31.3. The molecule has 3 N–H and O–H groups in total. The molecule has 578 valence electrons. The van der Waals surface area contributed by atoms with Crippen molar-refractivity contribution in [2.45, 2.75) is 159 Å². The van der Waals surface area contributed by atoms with Crippen molar-refractivity contribution in [2.24, 2.45) is 21.1 Å². The van der Waals surface area contributed by atoms with E-state index in [1.165, 1.54) is 41.5 Å². The SMILES string of the molecule is CCCCc1cc(NC(=O)c2ccc(C)c(-n3cc(-c4cnn(C)c4C)nn3)c2)cc(C(F)(F)F)c1.Cc1ccc(C(=O)Nc2cc(CN3CCC3)cc(C(C)(C)C)c2)cc1-n1cc(-c2cnn(C)c2C)nn1.Cc1ccc(C(=O)Nc2cc(CN3CCCC3)cc(C(C)(C)C)c2)cc1-n1cc(-c2cnn(C)c2C)nn1. The van der Waals surface area contributed by atoms with E-state index in [1.807, 2.05) is 128 Å². The van der Waals surface area contributed by atoms with Gasteiger partial charge in [-0.15, -0.1) is 15.3 Å². The van der Waals surface area contributed by atoms with E-state index >= 15 is 0 Å². The summed E-state index contributed by atoms with van der Waals surface area (Å²) in [4.78, 5) is 44.7. The van der Waals surface area contributed by atoms with E-state index in [0.29, 0.717) is 34.5 Å². The van der Waals surface area contributed by atoms with Crippen molar-refractivity contribution in [1.82, 2.24) is 84.1 Å². The Bertz CT molecular complexity index is 5370. The Labute approximate surface area is 646 Å². The molecule has 0 saturated carbocycles. The van der Waals surface area contributed by atoms with E-state index in [9.17, 15) is 27.6 Å². The molecule has 6 aromatic heterocycles. The number of aryl methyl sites for hydroxylation is 7. The third-order valence-corrected chi connectivity index (χ3v) is 20.8. The van der Waals surface area contributed by atoms with E-state index in [0.717, 1.165) is 149 Å². The first-order chi connectivity index (χ1) is 52.7. The van der Waals surface area contributed by atoms with Gasteiger partial charge in [0.2, 0.25) is 0 Å². The molecule has 12 aromatic rings. The van der Waals surface area contributed by atoms with E-state index in [4.69, 9.17) is 0 Å². The van der Waals surface area contributed by atoms with Crippen LogP contribution in [0.2, 0.25) is 0 Å². The van der Waals surface area contributed by atoms with Crippen LogP contribution in [0.3, 0.4) is 0 Å². The van der Waals surface area contributed by atoms with Crippen LogP contribution in [0.1, 0.15) is 179 Å². The van der Waals surface area contributed by atoms with Gasteiger partial charge >= 0.3 is 6.18 Å². The zero-order valence-corrected chi connectivity index (χ0v) is 66.3. The van der Waals surface area contributed by atoms with Crippen LogP contribution in [0, 0.1) is 41.5 Å². The van der Waals surface area contributed by atoms with Crippen molar-refractivity contribution in [3.63, 3.8) is 0 Å². The second kappa shape index (κ2) is 33.0. The van der Waals surface area contributed by atoms with Gasteiger partial charge in [0.1, 0.15) is 17.1 Å². The number of alkyl halides is 3. The van der Waals surface area contributed by atoms with Gasteiger partial charge in [-0.3, -0.25) is 38.2 Å². The normalized spacial score (nSPS) is 13.3. The smallest absolute Gasteiger partial charge is 0.322 e. The first-order valence-corrected chi connectivity index (χ1v) is 37.7. The maximum absolute atomic E-state index is 13.4. The molecule has 3 amide bonds. The zero-order chi connectivity index (χ0) is 79.4. The fourth-order valence-corrected chi connectivity index (χ4v) is 13.4. The Morgan fingerprint density at radius 3 is 1.05 bits per heavy atom. The molecule has 0 aliphatic carbocycles. The standard InChI is InChI=1S/C30H37N7O.C29H35N7O.C26H27F3N6O/c1-20-9-10-23(15-28(20)37-19-27(33-34-37)26-17-31-35(6)21(26)2)29(38)32-25-14-22(18-36-11-7-8-12-36)13-24(16-25)30(3,4)5;1-19-8-9-22(14-27(19)36-18-26(32-33-36)25-16-30-34(6)20(25)2)28(37)31-24-13-21(17-35-10-7-11-35)12-23(15-24)29(3,4)5;1-5-6-7-18-10-20(26(27,28)29)13-21(11-18)31-25(36)19-9-8-16(2)24(12-19)35-15-23(32-33-35)22-14-30-34(4)17(22)3/h9-10,13-17,19H,7-8,11-12,18H2,1-6H3,(H,32,38);8-9,12-16,18H,7,10-11,17H2,1-6H3,(H,31,37);8-15H,5-7H2,1-4H3,(H,31,36). The summed E-state index contributed by atoms with van der Waals surface area (Å²) in [5.41, 5.74) is 20.8. The molecule has 0 bridgehead atoms. The highest BCUT2D eigenvalue weighted by Gasteiger charge is 2.32. The molecule has 0 atom stereocenters.